The zero-order chi connectivity index (χ0) is 11.7. The van der Waals surface area contributed by atoms with Crippen molar-refractivity contribution in [2.45, 2.75) is 19.9 Å². The van der Waals surface area contributed by atoms with Gasteiger partial charge in [0.15, 0.2) is 0 Å². The molecular weight excluding hydrogens is 198 g/mol. The Morgan fingerprint density at radius 2 is 1.88 bits per heavy atom. The highest BCUT2D eigenvalue weighted by Gasteiger charge is 2.09. The molecule has 0 unspecified atom stereocenters. The summed E-state index contributed by atoms with van der Waals surface area (Å²) in [7, 11) is 1.98. The van der Waals surface area contributed by atoms with E-state index in [4.69, 9.17) is 5.73 Å². The van der Waals surface area contributed by atoms with Gasteiger partial charge in [-0.2, -0.15) is 0 Å². The van der Waals surface area contributed by atoms with E-state index in [0.29, 0.717) is 0 Å². The van der Waals surface area contributed by atoms with E-state index in [2.05, 4.69) is 36.2 Å². The summed E-state index contributed by atoms with van der Waals surface area (Å²) in [6.07, 6.45) is 2.02. The molecule has 1 atom stereocenters. The van der Waals surface area contributed by atoms with Crippen LogP contribution in [-0.4, -0.2) is 9.55 Å². The molecule has 1 aromatic heterocycles. The van der Waals surface area contributed by atoms with Crippen LogP contribution in [-0.2, 0) is 7.05 Å². The van der Waals surface area contributed by atoms with Crippen LogP contribution in [0.1, 0.15) is 24.4 Å². The molecule has 0 saturated carbocycles. The molecule has 0 aliphatic rings. The van der Waals surface area contributed by atoms with Crippen molar-refractivity contribution in [1.29, 1.82) is 0 Å². The fraction of sp³-hybridized carbons (Fsp3) is 0.308. The van der Waals surface area contributed by atoms with Gasteiger partial charge in [-0.1, -0.05) is 29.8 Å². The van der Waals surface area contributed by atoms with E-state index in [9.17, 15) is 0 Å². The Hall–Kier alpha value is -1.61. The summed E-state index contributed by atoms with van der Waals surface area (Å²) >= 11 is 0. The van der Waals surface area contributed by atoms with Crippen LogP contribution in [0.25, 0.3) is 11.3 Å². The Morgan fingerprint density at radius 3 is 2.38 bits per heavy atom. The Labute approximate surface area is 95.9 Å². The monoisotopic (exact) mass is 215 g/mol. The van der Waals surface area contributed by atoms with E-state index >= 15 is 0 Å². The minimum Gasteiger partial charge on any atom is -0.336 e. The third-order valence-corrected chi connectivity index (χ3v) is 2.67. The van der Waals surface area contributed by atoms with Crippen LogP contribution in [0.4, 0.5) is 0 Å². The number of hydrogen-bond acceptors (Lipinski definition) is 2. The molecule has 0 bridgehead atoms. The molecule has 0 aliphatic heterocycles. The maximum absolute atomic E-state index is 5.85. The number of hydrogen-bond donors (Lipinski definition) is 1. The summed E-state index contributed by atoms with van der Waals surface area (Å²) in [6.45, 7) is 4.02. The summed E-state index contributed by atoms with van der Waals surface area (Å²) in [5.41, 5.74) is 9.22. The van der Waals surface area contributed by atoms with E-state index in [1.54, 1.807) is 0 Å². The average Bonchev–Trinajstić information content (AvgIpc) is 2.61. The quantitative estimate of drug-likeness (QED) is 0.836. The highest BCUT2D eigenvalue weighted by atomic mass is 15.1. The summed E-state index contributed by atoms with van der Waals surface area (Å²) in [5, 5.41) is 0. The van der Waals surface area contributed by atoms with E-state index in [1.807, 2.05) is 24.7 Å². The zero-order valence-corrected chi connectivity index (χ0v) is 9.94. The Balaban J connectivity index is 2.41. The number of nitrogens with zero attached hydrogens (tertiary/aromatic N) is 2. The van der Waals surface area contributed by atoms with Crippen molar-refractivity contribution in [2.24, 2.45) is 12.8 Å². The summed E-state index contributed by atoms with van der Waals surface area (Å²) in [5.74, 6) is 0.913. The van der Waals surface area contributed by atoms with Gasteiger partial charge in [-0.25, -0.2) is 4.98 Å². The smallest absolute Gasteiger partial charge is 0.125 e. The van der Waals surface area contributed by atoms with Crippen LogP contribution in [0, 0.1) is 6.92 Å². The van der Waals surface area contributed by atoms with Gasteiger partial charge in [0, 0.05) is 18.8 Å². The number of imidazole rings is 1. The van der Waals surface area contributed by atoms with Gasteiger partial charge in [0.1, 0.15) is 5.82 Å². The SMILES string of the molecule is Cc1ccc(-c2cn(C)c([C@@H](C)N)n2)cc1. The van der Waals surface area contributed by atoms with E-state index in [-0.39, 0.29) is 6.04 Å². The van der Waals surface area contributed by atoms with Gasteiger partial charge in [0.2, 0.25) is 0 Å². The van der Waals surface area contributed by atoms with Crippen LogP contribution in [0.5, 0.6) is 0 Å². The molecule has 2 aromatic rings. The van der Waals surface area contributed by atoms with Crippen molar-refractivity contribution in [3.63, 3.8) is 0 Å². The fourth-order valence-corrected chi connectivity index (χ4v) is 1.77. The second-order valence-corrected chi connectivity index (χ2v) is 4.25. The molecule has 1 aromatic carbocycles. The molecule has 2 N–H and O–H groups in total. The van der Waals surface area contributed by atoms with Crippen molar-refractivity contribution < 1.29 is 0 Å². The second-order valence-electron chi connectivity index (χ2n) is 4.25. The molecule has 2 rings (SSSR count). The predicted molar refractivity (Wildman–Crippen MR) is 66.0 cm³/mol. The summed E-state index contributed by atoms with van der Waals surface area (Å²) in [4.78, 5) is 4.55. The van der Waals surface area contributed by atoms with Gasteiger partial charge in [-0.05, 0) is 13.8 Å². The Bertz CT molecular complexity index is 480. The van der Waals surface area contributed by atoms with Crippen molar-refractivity contribution in [1.82, 2.24) is 9.55 Å². The number of aryl methyl sites for hydroxylation is 2. The first kappa shape index (κ1) is 10.9. The highest BCUT2D eigenvalue weighted by molar-refractivity contribution is 5.59. The second kappa shape index (κ2) is 4.10. The standard InChI is InChI=1S/C13H17N3/c1-9-4-6-11(7-5-9)12-8-16(3)13(15-12)10(2)14/h4-8,10H,14H2,1-3H3/t10-/m1/s1. The molecule has 1 heterocycles. The van der Waals surface area contributed by atoms with E-state index < -0.39 is 0 Å². The molecule has 0 radical (unpaired) electrons. The topological polar surface area (TPSA) is 43.8 Å². The molecule has 84 valence electrons. The van der Waals surface area contributed by atoms with Crippen LogP contribution in [0.3, 0.4) is 0 Å². The maximum Gasteiger partial charge on any atom is 0.125 e. The molecule has 16 heavy (non-hydrogen) atoms. The largest absolute Gasteiger partial charge is 0.336 e. The normalized spacial score (nSPS) is 12.8. The lowest BCUT2D eigenvalue weighted by atomic mass is 10.1. The number of benzene rings is 1. The first-order valence-electron chi connectivity index (χ1n) is 5.44. The number of nitrogens with two attached hydrogens (primary N) is 1. The first-order chi connectivity index (χ1) is 7.58. The molecule has 0 amide bonds. The molecule has 0 aliphatic carbocycles. The van der Waals surface area contributed by atoms with E-state index in [0.717, 1.165) is 17.1 Å². The molecule has 3 nitrogen and oxygen atoms in total. The van der Waals surface area contributed by atoms with Crippen LogP contribution in [0.2, 0.25) is 0 Å². The molecule has 3 heteroatoms. The lowest BCUT2D eigenvalue weighted by molar-refractivity contribution is 0.686. The molecular formula is C13H17N3. The molecule has 0 spiro atoms. The Morgan fingerprint density at radius 1 is 1.25 bits per heavy atom. The molecule has 0 saturated heterocycles. The van der Waals surface area contributed by atoms with Crippen molar-refractivity contribution in [2.75, 3.05) is 0 Å². The zero-order valence-electron chi connectivity index (χ0n) is 9.94. The van der Waals surface area contributed by atoms with Gasteiger partial charge >= 0.3 is 0 Å². The van der Waals surface area contributed by atoms with Crippen LogP contribution >= 0.6 is 0 Å². The van der Waals surface area contributed by atoms with Crippen molar-refractivity contribution in [3.05, 3.63) is 41.9 Å². The van der Waals surface area contributed by atoms with E-state index in [1.165, 1.54) is 5.56 Å². The van der Waals surface area contributed by atoms with Crippen molar-refractivity contribution in [3.8, 4) is 11.3 Å². The van der Waals surface area contributed by atoms with Gasteiger partial charge in [0.05, 0.1) is 11.7 Å². The third kappa shape index (κ3) is 1.99. The summed E-state index contributed by atoms with van der Waals surface area (Å²) < 4.78 is 1.99. The number of aromatic nitrogens is 2. The number of rotatable bonds is 2. The first-order valence-corrected chi connectivity index (χ1v) is 5.44. The minimum atomic E-state index is -0.0378. The predicted octanol–water partition coefficient (Wildman–Crippen LogP) is 2.42. The average molecular weight is 215 g/mol. The van der Waals surface area contributed by atoms with Gasteiger partial charge < -0.3 is 10.3 Å². The lowest BCUT2D eigenvalue weighted by Crippen LogP contribution is -2.10. The highest BCUT2D eigenvalue weighted by Crippen LogP contribution is 2.20. The molecule has 0 fully saturated rings. The Kier molecular flexibility index (Phi) is 2.79. The van der Waals surface area contributed by atoms with Gasteiger partial charge in [-0.15, -0.1) is 0 Å². The van der Waals surface area contributed by atoms with Crippen molar-refractivity contribution >= 4 is 0 Å². The third-order valence-electron chi connectivity index (χ3n) is 2.67. The van der Waals surface area contributed by atoms with Crippen LogP contribution in [0.15, 0.2) is 30.5 Å². The summed E-state index contributed by atoms with van der Waals surface area (Å²) in [6, 6.07) is 8.32. The van der Waals surface area contributed by atoms with Crippen LogP contribution < -0.4 is 5.73 Å². The lowest BCUT2D eigenvalue weighted by Gasteiger charge is -2.02. The van der Waals surface area contributed by atoms with Gasteiger partial charge in [0.25, 0.3) is 0 Å². The fourth-order valence-electron chi connectivity index (χ4n) is 1.77. The minimum absolute atomic E-state index is 0.0378. The van der Waals surface area contributed by atoms with Gasteiger partial charge in [-0.3, -0.25) is 0 Å². The maximum atomic E-state index is 5.85.